The molecule has 1 aromatic carbocycles. The summed E-state index contributed by atoms with van der Waals surface area (Å²) in [7, 11) is 0. The Balaban J connectivity index is 1.42. The molecular formula is C20H25IN4O3. The lowest BCUT2D eigenvalue weighted by Crippen LogP contribution is -2.50. The van der Waals surface area contributed by atoms with Gasteiger partial charge in [-0.25, -0.2) is 0 Å². The van der Waals surface area contributed by atoms with Crippen molar-refractivity contribution in [1.29, 1.82) is 0 Å². The minimum atomic E-state index is 0.0383. The van der Waals surface area contributed by atoms with E-state index in [1.54, 1.807) is 0 Å². The summed E-state index contributed by atoms with van der Waals surface area (Å²) >= 11 is 2.18. The topological polar surface area (TPSA) is 79.5 Å². The normalized spacial score (nSPS) is 14.4. The average molecular weight is 496 g/mol. The summed E-state index contributed by atoms with van der Waals surface area (Å²) in [6, 6.07) is 7.59. The van der Waals surface area contributed by atoms with Gasteiger partial charge in [0.25, 0.3) is 5.91 Å². The molecule has 0 saturated carbocycles. The summed E-state index contributed by atoms with van der Waals surface area (Å²) in [4.78, 5) is 33.1. The van der Waals surface area contributed by atoms with Crippen LogP contribution < -0.4 is 0 Å². The molecule has 28 heavy (non-hydrogen) atoms. The van der Waals surface area contributed by atoms with Gasteiger partial charge < -0.3 is 14.3 Å². The average Bonchev–Trinajstić information content (AvgIpc) is 3.15. The predicted octanol–water partition coefficient (Wildman–Crippen LogP) is 2.93. The molecule has 1 aliphatic heterocycles. The van der Waals surface area contributed by atoms with Crippen molar-refractivity contribution in [2.24, 2.45) is 0 Å². The second-order valence-corrected chi connectivity index (χ2v) is 8.02. The van der Waals surface area contributed by atoms with Gasteiger partial charge in [0.15, 0.2) is 5.82 Å². The number of piperazine rings is 1. The minimum absolute atomic E-state index is 0.0383. The highest BCUT2D eigenvalue weighted by Crippen LogP contribution is 2.16. The third kappa shape index (κ3) is 5.30. The van der Waals surface area contributed by atoms with Crippen molar-refractivity contribution < 1.29 is 14.1 Å². The first kappa shape index (κ1) is 20.8. The lowest BCUT2D eigenvalue weighted by Gasteiger charge is -2.35. The van der Waals surface area contributed by atoms with Gasteiger partial charge in [0.1, 0.15) is 0 Å². The van der Waals surface area contributed by atoms with Gasteiger partial charge >= 0.3 is 0 Å². The van der Waals surface area contributed by atoms with Crippen molar-refractivity contribution in [2.75, 3.05) is 26.2 Å². The van der Waals surface area contributed by atoms with Crippen molar-refractivity contribution in [3.05, 3.63) is 45.1 Å². The number of carbonyl (C=O) groups excluding carboxylic acids is 2. The van der Waals surface area contributed by atoms with Crippen LogP contribution in [0.4, 0.5) is 0 Å². The lowest BCUT2D eigenvalue weighted by molar-refractivity contribution is -0.132. The summed E-state index contributed by atoms with van der Waals surface area (Å²) in [6.07, 6.45) is 3.56. The fourth-order valence-electron chi connectivity index (χ4n) is 3.23. The summed E-state index contributed by atoms with van der Waals surface area (Å²) in [6.45, 7) is 4.37. The first-order chi connectivity index (χ1) is 13.6. The highest BCUT2D eigenvalue weighted by Gasteiger charge is 2.25. The summed E-state index contributed by atoms with van der Waals surface area (Å²) in [5.41, 5.74) is 0.727. The van der Waals surface area contributed by atoms with Crippen LogP contribution in [0.5, 0.6) is 0 Å². The Morgan fingerprint density at radius 2 is 1.82 bits per heavy atom. The van der Waals surface area contributed by atoms with Gasteiger partial charge in [-0.05, 0) is 47.6 Å². The number of hydrogen-bond acceptors (Lipinski definition) is 5. The molecule has 0 atom stereocenters. The monoisotopic (exact) mass is 496 g/mol. The zero-order valence-corrected chi connectivity index (χ0v) is 18.2. The van der Waals surface area contributed by atoms with Crippen LogP contribution in [0, 0.1) is 3.57 Å². The van der Waals surface area contributed by atoms with Crippen molar-refractivity contribution in [3.63, 3.8) is 0 Å². The Kier molecular flexibility index (Phi) is 7.41. The van der Waals surface area contributed by atoms with E-state index >= 15 is 0 Å². The SMILES string of the molecule is CCCc1noc(CCCC(=O)N2CCN(C(=O)c3ccccc3I)CC2)n1. The smallest absolute Gasteiger partial charge is 0.255 e. The quantitative estimate of drug-likeness (QED) is 0.551. The van der Waals surface area contributed by atoms with Gasteiger partial charge in [0.2, 0.25) is 11.8 Å². The van der Waals surface area contributed by atoms with Crippen LogP contribution in [-0.4, -0.2) is 57.9 Å². The van der Waals surface area contributed by atoms with Crippen molar-refractivity contribution >= 4 is 34.4 Å². The minimum Gasteiger partial charge on any atom is -0.339 e. The van der Waals surface area contributed by atoms with Crippen molar-refractivity contribution in [1.82, 2.24) is 19.9 Å². The highest BCUT2D eigenvalue weighted by atomic mass is 127. The molecule has 2 amide bonds. The second-order valence-electron chi connectivity index (χ2n) is 6.86. The third-order valence-corrected chi connectivity index (χ3v) is 5.73. The van der Waals surface area contributed by atoms with Gasteiger partial charge in [0.05, 0.1) is 5.56 Å². The first-order valence-electron chi connectivity index (χ1n) is 9.71. The molecule has 1 aromatic heterocycles. The van der Waals surface area contributed by atoms with Gasteiger partial charge in [-0.15, -0.1) is 0 Å². The maximum atomic E-state index is 12.7. The maximum Gasteiger partial charge on any atom is 0.255 e. The Hall–Kier alpha value is -1.97. The number of amides is 2. The summed E-state index contributed by atoms with van der Waals surface area (Å²) in [5.74, 6) is 1.49. The van der Waals surface area contributed by atoms with Gasteiger partial charge in [-0.2, -0.15) is 4.98 Å². The van der Waals surface area contributed by atoms with Crippen molar-refractivity contribution in [3.8, 4) is 0 Å². The molecule has 0 unspecified atom stereocenters. The van der Waals surface area contributed by atoms with Gasteiger partial charge in [-0.3, -0.25) is 9.59 Å². The molecule has 0 bridgehead atoms. The molecule has 7 nitrogen and oxygen atoms in total. The first-order valence-corrected chi connectivity index (χ1v) is 10.8. The fraction of sp³-hybridized carbons (Fsp3) is 0.500. The predicted molar refractivity (Wildman–Crippen MR) is 113 cm³/mol. The molecule has 8 heteroatoms. The van der Waals surface area contributed by atoms with E-state index in [0.29, 0.717) is 51.3 Å². The van der Waals surface area contributed by atoms with E-state index in [1.165, 1.54) is 0 Å². The Labute approximate surface area is 178 Å². The zero-order valence-electron chi connectivity index (χ0n) is 16.1. The molecule has 2 aromatic rings. The zero-order chi connectivity index (χ0) is 19.9. The molecule has 2 heterocycles. The number of aryl methyl sites for hydroxylation is 2. The van der Waals surface area contributed by atoms with Crippen LogP contribution in [0.25, 0.3) is 0 Å². The van der Waals surface area contributed by atoms with E-state index in [4.69, 9.17) is 4.52 Å². The molecule has 0 aliphatic carbocycles. The Bertz CT molecular complexity index is 815. The molecule has 0 N–H and O–H groups in total. The number of carbonyl (C=O) groups is 2. The van der Waals surface area contributed by atoms with E-state index < -0.39 is 0 Å². The fourth-order valence-corrected chi connectivity index (χ4v) is 3.85. The van der Waals surface area contributed by atoms with E-state index in [-0.39, 0.29) is 11.8 Å². The van der Waals surface area contributed by atoms with E-state index in [1.807, 2.05) is 34.1 Å². The Morgan fingerprint density at radius 1 is 1.11 bits per heavy atom. The molecule has 0 spiro atoms. The van der Waals surface area contributed by atoms with Crippen LogP contribution in [0.15, 0.2) is 28.8 Å². The molecule has 1 aliphatic rings. The second kappa shape index (κ2) is 9.99. The lowest BCUT2D eigenvalue weighted by atomic mass is 10.1. The number of rotatable bonds is 7. The molecule has 150 valence electrons. The van der Waals surface area contributed by atoms with E-state index in [2.05, 4.69) is 39.7 Å². The van der Waals surface area contributed by atoms with Gasteiger partial charge in [0, 0.05) is 49.0 Å². The van der Waals surface area contributed by atoms with Crippen molar-refractivity contribution in [2.45, 2.75) is 39.0 Å². The number of nitrogens with zero attached hydrogens (tertiary/aromatic N) is 4. The largest absolute Gasteiger partial charge is 0.339 e. The maximum absolute atomic E-state index is 12.7. The van der Waals surface area contributed by atoms with Crippen LogP contribution >= 0.6 is 22.6 Å². The molecule has 3 rings (SSSR count). The van der Waals surface area contributed by atoms with Gasteiger partial charge in [-0.1, -0.05) is 24.2 Å². The van der Waals surface area contributed by atoms with E-state index in [9.17, 15) is 9.59 Å². The van der Waals surface area contributed by atoms with Crippen LogP contribution in [-0.2, 0) is 17.6 Å². The highest BCUT2D eigenvalue weighted by molar-refractivity contribution is 14.1. The molecule has 1 fully saturated rings. The third-order valence-electron chi connectivity index (χ3n) is 4.79. The van der Waals surface area contributed by atoms with Crippen LogP contribution in [0.1, 0.15) is 48.3 Å². The number of aromatic nitrogens is 2. The Morgan fingerprint density at radius 3 is 2.54 bits per heavy atom. The van der Waals surface area contributed by atoms with E-state index in [0.717, 1.165) is 27.8 Å². The standard InChI is InChI=1S/C20H25IN4O3/c1-2-6-17-22-18(28-23-17)9-5-10-19(26)24-11-13-25(14-12-24)20(27)15-7-3-4-8-16(15)21/h3-4,7-8H,2,5-6,9-14H2,1H3. The molecule has 0 radical (unpaired) electrons. The molecule has 1 saturated heterocycles. The molecular weight excluding hydrogens is 471 g/mol. The number of halogens is 1. The number of benzene rings is 1. The van der Waals surface area contributed by atoms with Crippen LogP contribution in [0.3, 0.4) is 0 Å². The number of hydrogen-bond donors (Lipinski definition) is 0. The summed E-state index contributed by atoms with van der Waals surface area (Å²) < 4.78 is 6.16. The summed E-state index contributed by atoms with van der Waals surface area (Å²) in [5, 5.41) is 3.93. The van der Waals surface area contributed by atoms with Crippen LogP contribution in [0.2, 0.25) is 0 Å².